The number of hydrogen-bond acceptors (Lipinski definition) is 5. The average Bonchev–Trinajstić information content (AvgIpc) is 3.09. The molecule has 0 fully saturated rings. The largest absolute Gasteiger partial charge is 0.366 e. The van der Waals surface area contributed by atoms with Crippen molar-refractivity contribution in [3.05, 3.63) is 65.4 Å². The van der Waals surface area contributed by atoms with E-state index in [1.165, 1.54) is 17.8 Å². The zero-order chi connectivity index (χ0) is 18.5. The monoisotopic (exact) mass is 387 g/mol. The molecule has 7 nitrogen and oxygen atoms in total. The molecule has 2 aromatic carbocycles. The SMILES string of the molecule is NC(=O)c1cccc(NC(=O)CSc2nncn2-c2cccc(Cl)c2)c1. The Hall–Kier alpha value is -2.84. The second-order valence-corrected chi connectivity index (χ2v) is 6.62. The number of nitrogens with two attached hydrogens (primary N) is 1. The second-order valence-electron chi connectivity index (χ2n) is 5.25. The van der Waals surface area contributed by atoms with E-state index < -0.39 is 5.91 Å². The molecule has 132 valence electrons. The van der Waals surface area contributed by atoms with Crippen molar-refractivity contribution in [3.8, 4) is 5.69 Å². The van der Waals surface area contributed by atoms with Crippen LogP contribution in [0.15, 0.2) is 60.0 Å². The highest BCUT2D eigenvalue weighted by atomic mass is 35.5. The van der Waals surface area contributed by atoms with E-state index in [4.69, 9.17) is 17.3 Å². The lowest BCUT2D eigenvalue weighted by molar-refractivity contribution is -0.113. The van der Waals surface area contributed by atoms with Crippen molar-refractivity contribution in [2.75, 3.05) is 11.1 Å². The number of carbonyl (C=O) groups is 2. The van der Waals surface area contributed by atoms with Gasteiger partial charge in [-0.25, -0.2) is 0 Å². The fraction of sp³-hybridized carbons (Fsp3) is 0.0588. The fourth-order valence-corrected chi connectivity index (χ4v) is 3.12. The maximum atomic E-state index is 12.2. The highest BCUT2D eigenvalue weighted by Gasteiger charge is 2.11. The van der Waals surface area contributed by atoms with Gasteiger partial charge in [-0.3, -0.25) is 14.2 Å². The van der Waals surface area contributed by atoms with Crippen LogP contribution in [0.1, 0.15) is 10.4 Å². The first kappa shape index (κ1) is 18.0. The van der Waals surface area contributed by atoms with Crippen molar-refractivity contribution in [1.29, 1.82) is 0 Å². The molecule has 0 atom stereocenters. The summed E-state index contributed by atoms with van der Waals surface area (Å²) in [6, 6.07) is 13.7. The molecule has 0 saturated heterocycles. The van der Waals surface area contributed by atoms with Crippen LogP contribution in [0.4, 0.5) is 5.69 Å². The number of nitrogens with one attached hydrogen (secondary N) is 1. The van der Waals surface area contributed by atoms with Gasteiger partial charge in [0.05, 0.1) is 11.4 Å². The van der Waals surface area contributed by atoms with Crippen LogP contribution in [0.2, 0.25) is 5.02 Å². The van der Waals surface area contributed by atoms with Crippen LogP contribution in [0.25, 0.3) is 5.69 Å². The number of aromatic nitrogens is 3. The standard InChI is InChI=1S/C17H14ClN5O2S/c18-12-4-2-6-14(8-12)23-10-20-22-17(23)26-9-15(24)21-13-5-1-3-11(7-13)16(19)25/h1-8,10H,9H2,(H2,19,25)(H,21,24). The number of benzene rings is 2. The van der Waals surface area contributed by atoms with Crippen LogP contribution in [-0.4, -0.2) is 32.3 Å². The second kappa shape index (κ2) is 8.03. The van der Waals surface area contributed by atoms with E-state index in [0.717, 1.165) is 5.69 Å². The summed E-state index contributed by atoms with van der Waals surface area (Å²) in [4.78, 5) is 23.4. The molecule has 2 amide bonds. The molecule has 0 aliphatic carbocycles. The van der Waals surface area contributed by atoms with E-state index in [-0.39, 0.29) is 11.7 Å². The van der Waals surface area contributed by atoms with Gasteiger partial charge in [0.2, 0.25) is 11.8 Å². The molecule has 0 bridgehead atoms. The van der Waals surface area contributed by atoms with Gasteiger partial charge in [-0.1, -0.05) is 35.5 Å². The number of nitrogens with zero attached hydrogens (tertiary/aromatic N) is 3. The van der Waals surface area contributed by atoms with Crippen LogP contribution >= 0.6 is 23.4 Å². The Morgan fingerprint density at radius 1 is 1.19 bits per heavy atom. The summed E-state index contributed by atoms with van der Waals surface area (Å²) in [5.74, 6) is -0.664. The van der Waals surface area contributed by atoms with Crippen LogP contribution in [0.3, 0.4) is 0 Å². The first-order valence-corrected chi connectivity index (χ1v) is 8.88. The molecule has 3 aromatic rings. The van der Waals surface area contributed by atoms with Crippen LogP contribution < -0.4 is 11.1 Å². The molecule has 0 radical (unpaired) electrons. The molecule has 3 rings (SSSR count). The Bertz CT molecular complexity index is 960. The van der Waals surface area contributed by atoms with Gasteiger partial charge in [0.1, 0.15) is 6.33 Å². The van der Waals surface area contributed by atoms with Gasteiger partial charge in [0.25, 0.3) is 0 Å². The predicted molar refractivity (Wildman–Crippen MR) is 101 cm³/mol. The van der Waals surface area contributed by atoms with Crippen LogP contribution in [-0.2, 0) is 4.79 Å². The Balaban J connectivity index is 1.65. The minimum atomic E-state index is -0.551. The number of primary amides is 1. The lowest BCUT2D eigenvalue weighted by atomic mass is 10.2. The zero-order valence-corrected chi connectivity index (χ0v) is 15.0. The molecular weight excluding hydrogens is 374 g/mol. The van der Waals surface area contributed by atoms with Crippen molar-refractivity contribution in [1.82, 2.24) is 14.8 Å². The molecule has 1 aromatic heterocycles. The van der Waals surface area contributed by atoms with Crippen molar-refractivity contribution in [2.45, 2.75) is 5.16 Å². The van der Waals surface area contributed by atoms with Crippen molar-refractivity contribution < 1.29 is 9.59 Å². The number of carbonyl (C=O) groups excluding carboxylic acids is 2. The Morgan fingerprint density at radius 3 is 2.77 bits per heavy atom. The highest BCUT2D eigenvalue weighted by Crippen LogP contribution is 2.22. The molecular formula is C17H14ClN5O2S. The summed E-state index contributed by atoms with van der Waals surface area (Å²) in [6.45, 7) is 0. The topological polar surface area (TPSA) is 103 Å². The van der Waals surface area contributed by atoms with Gasteiger partial charge in [-0.15, -0.1) is 10.2 Å². The first-order chi connectivity index (χ1) is 12.5. The number of amides is 2. The predicted octanol–water partition coefficient (Wildman–Crippen LogP) is 2.75. The number of anilines is 1. The highest BCUT2D eigenvalue weighted by molar-refractivity contribution is 7.99. The van der Waals surface area contributed by atoms with E-state index in [0.29, 0.717) is 21.4 Å². The van der Waals surface area contributed by atoms with Crippen molar-refractivity contribution in [3.63, 3.8) is 0 Å². The van der Waals surface area contributed by atoms with Gasteiger partial charge in [-0.2, -0.15) is 0 Å². The summed E-state index contributed by atoms with van der Waals surface area (Å²) in [5, 5.41) is 11.8. The molecule has 0 spiro atoms. The Labute approximate surface area is 158 Å². The molecule has 0 aliphatic heterocycles. The molecule has 3 N–H and O–H groups in total. The van der Waals surface area contributed by atoms with Crippen LogP contribution in [0.5, 0.6) is 0 Å². The number of rotatable bonds is 6. The third-order valence-electron chi connectivity index (χ3n) is 3.37. The summed E-state index contributed by atoms with van der Waals surface area (Å²) in [7, 11) is 0. The smallest absolute Gasteiger partial charge is 0.248 e. The van der Waals surface area contributed by atoms with E-state index >= 15 is 0 Å². The third-order valence-corrected chi connectivity index (χ3v) is 4.54. The van der Waals surface area contributed by atoms with Crippen molar-refractivity contribution >= 4 is 40.9 Å². The summed E-state index contributed by atoms with van der Waals surface area (Å²) in [6.07, 6.45) is 1.56. The van der Waals surface area contributed by atoms with E-state index in [1.54, 1.807) is 41.2 Å². The molecule has 0 saturated carbocycles. The molecule has 26 heavy (non-hydrogen) atoms. The van der Waals surface area contributed by atoms with Gasteiger partial charge >= 0.3 is 0 Å². The van der Waals surface area contributed by atoms with Crippen LogP contribution in [0, 0.1) is 0 Å². The van der Waals surface area contributed by atoms with E-state index in [2.05, 4.69) is 15.5 Å². The zero-order valence-electron chi connectivity index (χ0n) is 13.4. The summed E-state index contributed by atoms with van der Waals surface area (Å²) < 4.78 is 1.75. The number of halogens is 1. The van der Waals surface area contributed by atoms with Gasteiger partial charge in [-0.05, 0) is 36.4 Å². The quantitative estimate of drug-likeness (QED) is 0.633. The molecule has 9 heteroatoms. The van der Waals surface area contributed by atoms with E-state index in [9.17, 15) is 9.59 Å². The van der Waals surface area contributed by atoms with Gasteiger partial charge in [0.15, 0.2) is 5.16 Å². The molecule has 0 aliphatic rings. The minimum Gasteiger partial charge on any atom is -0.366 e. The maximum absolute atomic E-state index is 12.2. The Kier molecular flexibility index (Phi) is 5.55. The number of thioether (sulfide) groups is 1. The molecule has 0 unspecified atom stereocenters. The summed E-state index contributed by atoms with van der Waals surface area (Å²) >= 11 is 7.24. The summed E-state index contributed by atoms with van der Waals surface area (Å²) in [5.41, 5.74) is 6.87. The van der Waals surface area contributed by atoms with Gasteiger partial charge in [0, 0.05) is 16.3 Å². The molecule has 1 heterocycles. The minimum absolute atomic E-state index is 0.125. The average molecular weight is 388 g/mol. The normalized spacial score (nSPS) is 10.5. The fourth-order valence-electron chi connectivity index (χ4n) is 2.20. The van der Waals surface area contributed by atoms with Gasteiger partial charge < -0.3 is 11.1 Å². The Morgan fingerprint density at radius 2 is 2.00 bits per heavy atom. The maximum Gasteiger partial charge on any atom is 0.248 e. The third kappa shape index (κ3) is 4.41. The number of hydrogen-bond donors (Lipinski definition) is 2. The first-order valence-electron chi connectivity index (χ1n) is 7.51. The lowest BCUT2D eigenvalue weighted by Crippen LogP contribution is -2.16. The van der Waals surface area contributed by atoms with E-state index in [1.807, 2.05) is 12.1 Å². The lowest BCUT2D eigenvalue weighted by Gasteiger charge is -2.08. The van der Waals surface area contributed by atoms with Crippen molar-refractivity contribution in [2.24, 2.45) is 5.73 Å².